The number of fused-ring (bicyclic) bond motifs is 1. The topological polar surface area (TPSA) is 83.8 Å². The van der Waals surface area contributed by atoms with Crippen LogP contribution in [0, 0.1) is 18.3 Å². The minimum atomic E-state index is -0.262. The van der Waals surface area contributed by atoms with Gasteiger partial charge in [0.05, 0.1) is 16.9 Å². The predicted molar refractivity (Wildman–Crippen MR) is 126 cm³/mol. The number of hydrogen-bond acceptors (Lipinski definition) is 6. The maximum atomic E-state index is 13.1. The van der Waals surface area contributed by atoms with Gasteiger partial charge in [0.15, 0.2) is 5.17 Å². The summed E-state index contributed by atoms with van der Waals surface area (Å²) < 4.78 is 0. The van der Waals surface area contributed by atoms with Crippen molar-refractivity contribution in [3.63, 3.8) is 0 Å². The second-order valence-corrected chi connectivity index (χ2v) is 9.17. The number of nitrogens with zero attached hydrogens (tertiary/aromatic N) is 3. The third-order valence-electron chi connectivity index (χ3n) is 5.78. The van der Waals surface area contributed by atoms with Gasteiger partial charge in [-0.25, -0.2) is 10.4 Å². The van der Waals surface area contributed by atoms with Gasteiger partial charge in [-0.05, 0) is 51.8 Å². The molecular weight excluding hydrogens is 420 g/mol. The Morgan fingerprint density at radius 2 is 2.03 bits per heavy atom. The normalized spacial score (nSPS) is 24.5. The molecule has 4 unspecified atom stereocenters. The molecule has 1 aromatic carbocycles. The van der Waals surface area contributed by atoms with Crippen LogP contribution in [0.2, 0.25) is 5.02 Å². The molecule has 1 amide bonds. The number of amidine groups is 2. The first-order valence-electron chi connectivity index (χ1n) is 10.5. The van der Waals surface area contributed by atoms with Crippen molar-refractivity contribution >= 4 is 46.0 Å². The number of nitrogens with one attached hydrogen (secondary N) is 3. The first-order valence-corrected chi connectivity index (χ1v) is 11.8. The molecule has 3 rings (SSSR count). The van der Waals surface area contributed by atoms with E-state index in [1.54, 1.807) is 0 Å². The molecule has 0 bridgehead atoms. The van der Waals surface area contributed by atoms with Crippen LogP contribution in [0.15, 0.2) is 23.2 Å². The standard InChI is InChI=1S/C21H31ClN6OS/c1-6-16(20(29)27(7-2)8-3)30-21-24-19-17(13(5)25-26-19)18(23)28(21)15-11-9-10-14(22)12(15)4/h9-11,13,16-17,19,23,25-26H,6-8H2,1-5H3. The van der Waals surface area contributed by atoms with Crippen LogP contribution < -0.4 is 15.8 Å². The Hall–Kier alpha value is -1.61. The minimum Gasteiger partial charge on any atom is -0.342 e. The molecule has 2 heterocycles. The summed E-state index contributed by atoms with van der Waals surface area (Å²) in [4.78, 5) is 21.7. The fourth-order valence-electron chi connectivity index (χ4n) is 3.93. The molecule has 9 heteroatoms. The Labute approximate surface area is 188 Å². The summed E-state index contributed by atoms with van der Waals surface area (Å²) in [5, 5.41) is 10.1. The molecule has 30 heavy (non-hydrogen) atoms. The maximum absolute atomic E-state index is 13.1. The fraction of sp³-hybridized carbons (Fsp3) is 0.571. The van der Waals surface area contributed by atoms with Gasteiger partial charge in [0.25, 0.3) is 0 Å². The summed E-state index contributed by atoms with van der Waals surface area (Å²) in [6.07, 6.45) is 0.456. The second kappa shape index (κ2) is 9.68. The monoisotopic (exact) mass is 450 g/mol. The Morgan fingerprint density at radius 3 is 2.67 bits per heavy atom. The molecule has 0 radical (unpaired) electrons. The number of anilines is 1. The number of carbonyl (C=O) groups excluding carboxylic acids is 1. The number of amides is 1. The highest BCUT2D eigenvalue weighted by atomic mass is 35.5. The van der Waals surface area contributed by atoms with Crippen LogP contribution in [-0.2, 0) is 4.79 Å². The van der Waals surface area contributed by atoms with Crippen LogP contribution in [-0.4, -0.2) is 52.4 Å². The van der Waals surface area contributed by atoms with Gasteiger partial charge in [0.1, 0.15) is 12.0 Å². The molecule has 7 nitrogen and oxygen atoms in total. The number of carbonyl (C=O) groups is 1. The van der Waals surface area contributed by atoms with Crippen molar-refractivity contribution in [1.29, 1.82) is 5.41 Å². The third kappa shape index (κ3) is 4.23. The lowest BCUT2D eigenvalue weighted by atomic mass is 9.96. The molecule has 4 atom stereocenters. The molecular formula is C21H31ClN6OS. The van der Waals surface area contributed by atoms with Crippen LogP contribution in [0.4, 0.5) is 5.69 Å². The first kappa shape index (κ1) is 23.1. The zero-order chi connectivity index (χ0) is 22.0. The second-order valence-electron chi connectivity index (χ2n) is 7.59. The van der Waals surface area contributed by atoms with E-state index in [-0.39, 0.29) is 29.3 Å². The van der Waals surface area contributed by atoms with Gasteiger partial charge >= 0.3 is 0 Å². The van der Waals surface area contributed by atoms with Crippen LogP contribution in [0.1, 0.15) is 39.7 Å². The van der Waals surface area contributed by atoms with Crippen molar-refractivity contribution in [3.05, 3.63) is 28.8 Å². The highest BCUT2D eigenvalue weighted by Gasteiger charge is 2.44. The summed E-state index contributed by atoms with van der Waals surface area (Å²) >= 11 is 7.84. The van der Waals surface area contributed by atoms with E-state index in [4.69, 9.17) is 22.0 Å². The fourth-order valence-corrected chi connectivity index (χ4v) is 5.24. The van der Waals surface area contributed by atoms with E-state index < -0.39 is 0 Å². The molecule has 1 saturated heterocycles. The van der Waals surface area contributed by atoms with Gasteiger partial charge in [-0.15, -0.1) is 0 Å². The van der Waals surface area contributed by atoms with E-state index in [2.05, 4.69) is 10.9 Å². The summed E-state index contributed by atoms with van der Waals surface area (Å²) in [6.45, 7) is 11.4. The van der Waals surface area contributed by atoms with Crippen molar-refractivity contribution in [2.75, 3.05) is 18.0 Å². The lowest BCUT2D eigenvalue weighted by molar-refractivity contribution is -0.130. The summed E-state index contributed by atoms with van der Waals surface area (Å²) in [6, 6.07) is 5.76. The molecule has 0 saturated carbocycles. The van der Waals surface area contributed by atoms with Crippen molar-refractivity contribution in [3.8, 4) is 0 Å². The van der Waals surface area contributed by atoms with Gasteiger partial charge in [-0.1, -0.05) is 36.4 Å². The number of benzene rings is 1. The molecule has 164 valence electrons. The Balaban J connectivity index is 2.02. The minimum absolute atomic E-state index is 0.0686. The summed E-state index contributed by atoms with van der Waals surface area (Å²) in [5.41, 5.74) is 8.12. The molecule has 0 spiro atoms. The zero-order valence-electron chi connectivity index (χ0n) is 18.2. The van der Waals surface area contributed by atoms with E-state index in [0.29, 0.717) is 35.5 Å². The zero-order valence-corrected chi connectivity index (χ0v) is 19.8. The first-order chi connectivity index (χ1) is 14.3. The number of hydrazine groups is 1. The quantitative estimate of drug-likeness (QED) is 0.616. The van der Waals surface area contributed by atoms with Gasteiger partial charge < -0.3 is 4.90 Å². The van der Waals surface area contributed by atoms with Gasteiger partial charge in [0.2, 0.25) is 5.91 Å². The van der Waals surface area contributed by atoms with Crippen molar-refractivity contribution in [2.24, 2.45) is 10.9 Å². The average molecular weight is 451 g/mol. The molecule has 2 aliphatic rings. The van der Waals surface area contributed by atoms with E-state index >= 15 is 0 Å². The van der Waals surface area contributed by atoms with Crippen molar-refractivity contribution < 1.29 is 4.79 Å². The number of aliphatic imine (C=N–C) groups is 1. The molecule has 0 aromatic heterocycles. The average Bonchev–Trinajstić information content (AvgIpc) is 3.10. The highest BCUT2D eigenvalue weighted by molar-refractivity contribution is 8.15. The van der Waals surface area contributed by atoms with E-state index in [9.17, 15) is 4.79 Å². The van der Waals surface area contributed by atoms with Crippen molar-refractivity contribution in [2.45, 2.75) is 58.5 Å². The molecule has 0 aliphatic carbocycles. The lowest BCUT2D eigenvalue weighted by Gasteiger charge is -2.37. The van der Waals surface area contributed by atoms with Crippen LogP contribution in [0.3, 0.4) is 0 Å². The predicted octanol–water partition coefficient (Wildman–Crippen LogP) is 3.62. The number of rotatable bonds is 6. The van der Waals surface area contributed by atoms with Gasteiger partial charge in [-0.3, -0.25) is 20.5 Å². The SMILES string of the molecule is CCC(SC1=NC2NNC(C)C2C(=N)N1c1cccc(Cl)c1C)C(=O)N(CC)CC. The smallest absolute Gasteiger partial charge is 0.236 e. The summed E-state index contributed by atoms with van der Waals surface area (Å²) in [5.74, 6) is 0.460. The lowest BCUT2D eigenvalue weighted by Crippen LogP contribution is -2.51. The van der Waals surface area contributed by atoms with E-state index in [1.165, 1.54) is 11.8 Å². The molecule has 1 fully saturated rings. The third-order valence-corrected chi connectivity index (χ3v) is 7.51. The van der Waals surface area contributed by atoms with E-state index in [1.807, 2.05) is 62.6 Å². The van der Waals surface area contributed by atoms with Gasteiger partial charge in [-0.2, -0.15) is 0 Å². The Morgan fingerprint density at radius 1 is 1.33 bits per heavy atom. The van der Waals surface area contributed by atoms with E-state index in [0.717, 1.165) is 11.3 Å². The maximum Gasteiger partial charge on any atom is 0.236 e. The van der Waals surface area contributed by atoms with Crippen LogP contribution in [0.25, 0.3) is 0 Å². The van der Waals surface area contributed by atoms with Crippen LogP contribution in [0.5, 0.6) is 0 Å². The largest absolute Gasteiger partial charge is 0.342 e. The Kier molecular flexibility index (Phi) is 7.44. The van der Waals surface area contributed by atoms with Crippen LogP contribution >= 0.6 is 23.4 Å². The molecule has 3 N–H and O–H groups in total. The van der Waals surface area contributed by atoms with Gasteiger partial charge in [0, 0.05) is 24.2 Å². The Bertz CT molecular complexity index is 843. The number of thioether (sulfide) groups is 1. The highest BCUT2D eigenvalue weighted by Crippen LogP contribution is 2.36. The summed E-state index contributed by atoms with van der Waals surface area (Å²) in [7, 11) is 0. The number of halogens is 1. The molecule has 1 aromatic rings. The van der Waals surface area contributed by atoms with Crippen molar-refractivity contribution in [1.82, 2.24) is 15.8 Å². The molecule has 2 aliphatic heterocycles. The number of hydrogen-bond donors (Lipinski definition) is 3.